The quantitative estimate of drug-likeness (QED) is 0.705. The van der Waals surface area contributed by atoms with Crippen molar-refractivity contribution in [1.82, 2.24) is 9.78 Å². The molecule has 2 atom stereocenters. The molecule has 4 rings (SSSR count). The van der Waals surface area contributed by atoms with E-state index in [-0.39, 0.29) is 17.3 Å². The third kappa shape index (κ3) is 3.33. The van der Waals surface area contributed by atoms with Crippen molar-refractivity contribution in [1.29, 1.82) is 0 Å². The number of hydrogen-bond donors (Lipinski definition) is 1. The second kappa shape index (κ2) is 6.78. The van der Waals surface area contributed by atoms with E-state index in [1.165, 1.54) is 28.8 Å². The second-order valence-electron chi connectivity index (χ2n) is 7.73. The van der Waals surface area contributed by atoms with E-state index in [0.717, 1.165) is 24.2 Å². The molecule has 27 heavy (non-hydrogen) atoms. The van der Waals surface area contributed by atoms with Gasteiger partial charge in [0.25, 0.3) is 0 Å². The van der Waals surface area contributed by atoms with Crippen LogP contribution in [0.4, 0.5) is 4.39 Å². The summed E-state index contributed by atoms with van der Waals surface area (Å²) in [6.07, 6.45) is 5.90. The third-order valence-corrected chi connectivity index (χ3v) is 5.74. The first-order valence-electron chi connectivity index (χ1n) is 9.28. The summed E-state index contributed by atoms with van der Waals surface area (Å²) in [6, 6.07) is 16.7. The van der Waals surface area contributed by atoms with Crippen molar-refractivity contribution >= 4 is 6.08 Å². The van der Waals surface area contributed by atoms with Gasteiger partial charge in [-0.3, -0.25) is 0 Å². The third-order valence-electron chi connectivity index (χ3n) is 5.74. The van der Waals surface area contributed by atoms with E-state index in [0.29, 0.717) is 0 Å². The Balaban J connectivity index is 1.63. The highest BCUT2D eigenvalue weighted by atomic mass is 19.1. The van der Waals surface area contributed by atoms with Crippen LogP contribution >= 0.6 is 0 Å². The van der Waals surface area contributed by atoms with Crippen molar-refractivity contribution < 1.29 is 4.39 Å². The van der Waals surface area contributed by atoms with E-state index in [1.807, 2.05) is 29.1 Å². The van der Waals surface area contributed by atoms with Gasteiger partial charge >= 0.3 is 0 Å². The summed E-state index contributed by atoms with van der Waals surface area (Å²) in [5.74, 6) is -0.242. The number of nitrogens with two attached hydrogens (primary N) is 1. The van der Waals surface area contributed by atoms with Crippen molar-refractivity contribution in [2.24, 2.45) is 11.1 Å². The smallest absolute Gasteiger partial charge is 0.123 e. The summed E-state index contributed by atoms with van der Waals surface area (Å²) in [5, 5.41) is 4.55. The maximum atomic E-state index is 13.2. The molecule has 3 nitrogen and oxygen atoms in total. The number of benzene rings is 2. The van der Waals surface area contributed by atoms with Gasteiger partial charge in [-0.1, -0.05) is 42.8 Å². The predicted octanol–water partition coefficient (Wildman–Crippen LogP) is 5.07. The Morgan fingerprint density at radius 1 is 1.15 bits per heavy atom. The van der Waals surface area contributed by atoms with Crippen LogP contribution in [-0.4, -0.2) is 9.78 Å². The van der Waals surface area contributed by atoms with Gasteiger partial charge in [-0.2, -0.15) is 5.10 Å². The van der Waals surface area contributed by atoms with E-state index < -0.39 is 0 Å². The van der Waals surface area contributed by atoms with Crippen LogP contribution in [0.25, 0.3) is 11.8 Å². The average Bonchev–Trinajstić information content (AvgIpc) is 3.05. The lowest BCUT2D eigenvalue weighted by Crippen LogP contribution is -2.29. The lowest BCUT2D eigenvalue weighted by atomic mass is 9.69. The number of aromatic nitrogens is 2. The van der Waals surface area contributed by atoms with E-state index >= 15 is 0 Å². The van der Waals surface area contributed by atoms with E-state index in [4.69, 9.17) is 5.73 Å². The van der Waals surface area contributed by atoms with Gasteiger partial charge < -0.3 is 5.73 Å². The Labute approximate surface area is 159 Å². The Bertz CT molecular complexity index is 973. The molecule has 1 aromatic heterocycles. The number of rotatable bonds is 4. The van der Waals surface area contributed by atoms with Gasteiger partial charge in [-0.05, 0) is 66.6 Å². The standard InChI is InChI=1S/C23H24FN3/c1-16-12-22-18(15-26-27(22)20-10-8-19(24)9-11-20)13-23(16,2)14-21(25)17-6-4-3-5-7-17/h3-12,15,21H,13-14,25H2,1-2H3/t21-,23?/m1/s1. The van der Waals surface area contributed by atoms with Crippen LogP contribution in [0.3, 0.4) is 0 Å². The highest BCUT2D eigenvalue weighted by molar-refractivity contribution is 5.60. The van der Waals surface area contributed by atoms with E-state index in [2.05, 4.69) is 37.2 Å². The molecular weight excluding hydrogens is 337 g/mol. The van der Waals surface area contributed by atoms with E-state index in [1.54, 1.807) is 12.1 Å². The summed E-state index contributed by atoms with van der Waals surface area (Å²) in [5.41, 5.74) is 12.1. The summed E-state index contributed by atoms with van der Waals surface area (Å²) in [7, 11) is 0. The molecule has 0 bridgehead atoms. The molecule has 1 heterocycles. The van der Waals surface area contributed by atoms with Crippen molar-refractivity contribution in [2.75, 3.05) is 0 Å². The van der Waals surface area contributed by atoms with Crippen LogP contribution in [0, 0.1) is 11.2 Å². The Morgan fingerprint density at radius 2 is 1.85 bits per heavy atom. The van der Waals surface area contributed by atoms with Crippen molar-refractivity contribution in [2.45, 2.75) is 32.7 Å². The zero-order valence-corrected chi connectivity index (χ0v) is 15.7. The minimum absolute atomic E-state index is 0.00626. The van der Waals surface area contributed by atoms with Gasteiger partial charge in [-0.15, -0.1) is 0 Å². The molecule has 0 saturated heterocycles. The number of hydrogen-bond acceptors (Lipinski definition) is 2. The first kappa shape index (κ1) is 17.7. The molecule has 0 radical (unpaired) electrons. The molecule has 0 aliphatic heterocycles. The van der Waals surface area contributed by atoms with Crippen LogP contribution in [0.5, 0.6) is 0 Å². The number of allylic oxidation sites excluding steroid dienone is 1. The van der Waals surface area contributed by atoms with Crippen molar-refractivity contribution in [3.8, 4) is 5.69 Å². The summed E-state index contributed by atoms with van der Waals surface area (Å²) >= 11 is 0. The van der Waals surface area contributed by atoms with Gasteiger partial charge in [0.15, 0.2) is 0 Å². The minimum atomic E-state index is -0.242. The fraction of sp³-hybridized carbons (Fsp3) is 0.261. The van der Waals surface area contributed by atoms with Gasteiger partial charge in [0.2, 0.25) is 0 Å². The molecule has 1 unspecified atom stereocenters. The van der Waals surface area contributed by atoms with Crippen LogP contribution in [0.1, 0.15) is 43.1 Å². The van der Waals surface area contributed by atoms with Crippen molar-refractivity contribution in [3.63, 3.8) is 0 Å². The molecule has 4 heteroatoms. The molecule has 0 saturated carbocycles. The SMILES string of the molecule is CC1=Cc2c(cnn2-c2ccc(F)cc2)CC1(C)C[C@@H](N)c1ccccc1. The summed E-state index contributed by atoms with van der Waals surface area (Å²) in [4.78, 5) is 0. The second-order valence-corrected chi connectivity index (χ2v) is 7.73. The van der Waals surface area contributed by atoms with Crippen LogP contribution in [0.15, 0.2) is 66.4 Å². The van der Waals surface area contributed by atoms with Gasteiger partial charge in [0, 0.05) is 6.04 Å². The highest BCUT2D eigenvalue weighted by Gasteiger charge is 2.34. The molecule has 0 spiro atoms. The van der Waals surface area contributed by atoms with Gasteiger partial charge in [-0.25, -0.2) is 9.07 Å². The predicted molar refractivity (Wildman–Crippen MR) is 107 cm³/mol. The molecule has 3 aromatic rings. The molecule has 2 N–H and O–H groups in total. The van der Waals surface area contributed by atoms with Crippen molar-refractivity contribution in [3.05, 3.63) is 89.0 Å². The van der Waals surface area contributed by atoms with Gasteiger partial charge in [0.1, 0.15) is 5.82 Å². The Kier molecular flexibility index (Phi) is 4.44. The molecule has 1 aliphatic carbocycles. The minimum Gasteiger partial charge on any atom is -0.324 e. The summed E-state index contributed by atoms with van der Waals surface area (Å²) in [6.45, 7) is 4.45. The molecule has 2 aromatic carbocycles. The normalized spacial score (nSPS) is 20.1. The highest BCUT2D eigenvalue weighted by Crippen LogP contribution is 2.43. The molecular formula is C23H24FN3. The first-order valence-corrected chi connectivity index (χ1v) is 9.28. The topological polar surface area (TPSA) is 43.8 Å². The lowest BCUT2D eigenvalue weighted by molar-refractivity contribution is 0.328. The number of halogens is 1. The number of fused-ring (bicyclic) bond motifs is 1. The van der Waals surface area contributed by atoms with Crippen LogP contribution in [0.2, 0.25) is 0 Å². The monoisotopic (exact) mass is 361 g/mol. The lowest BCUT2D eigenvalue weighted by Gasteiger charge is -2.36. The summed E-state index contributed by atoms with van der Waals surface area (Å²) < 4.78 is 15.1. The largest absolute Gasteiger partial charge is 0.324 e. The fourth-order valence-electron chi connectivity index (χ4n) is 3.95. The Hall–Kier alpha value is -2.72. The maximum absolute atomic E-state index is 13.2. The van der Waals surface area contributed by atoms with E-state index in [9.17, 15) is 4.39 Å². The zero-order valence-electron chi connectivity index (χ0n) is 15.7. The van der Waals surface area contributed by atoms with Crippen LogP contribution < -0.4 is 5.73 Å². The number of nitrogens with zero attached hydrogens (tertiary/aromatic N) is 2. The molecule has 0 amide bonds. The first-order chi connectivity index (χ1) is 13.0. The molecule has 138 valence electrons. The Morgan fingerprint density at radius 3 is 2.56 bits per heavy atom. The van der Waals surface area contributed by atoms with Crippen LogP contribution in [-0.2, 0) is 6.42 Å². The molecule has 0 fully saturated rings. The molecule has 1 aliphatic rings. The zero-order chi connectivity index (χ0) is 19.0. The average molecular weight is 361 g/mol. The maximum Gasteiger partial charge on any atom is 0.123 e. The fourth-order valence-corrected chi connectivity index (χ4v) is 3.95. The van der Waals surface area contributed by atoms with Gasteiger partial charge in [0.05, 0.1) is 17.6 Å².